The van der Waals surface area contributed by atoms with E-state index in [1.807, 2.05) is 0 Å². The third-order valence-corrected chi connectivity index (χ3v) is 5.11. The Morgan fingerprint density at radius 1 is 1.21 bits per heavy atom. The molecule has 3 rings (SSSR count). The highest BCUT2D eigenvalue weighted by atomic mass is 79.9. The van der Waals surface area contributed by atoms with Crippen LogP contribution in [-0.2, 0) is 0 Å². The Morgan fingerprint density at radius 2 is 1.92 bits per heavy atom. The second-order valence-corrected chi connectivity index (χ2v) is 7.07. The van der Waals surface area contributed by atoms with E-state index in [2.05, 4.69) is 26.2 Å². The number of fused-ring (bicyclic) bond motifs is 1. The van der Waals surface area contributed by atoms with E-state index in [1.54, 1.807) is 44.6 Å². The number of nitrogens with zero attached hydrogens (tertiary/aromatic N) is 1. The molecule has 0 radical (unpaired) electrons. The minimum Gasteiger partial charge on any atom is -0.495 e. The lowest BCUT2D eigenvalue weighted by Gasteiger charge is -2.04. The van der Waals surface area contributed by atoms with Gasteiger partial charge in [0.1, 0.15) is 21.7 Å². The maximum atomic E-state index is 12.5. The van der Waals surface area contributed by atoms with Crippen LogP contribution in [0.25, 0.3) is 10.2 Å². The molecule has 0 bridgehead atoms. The highest BCUT2D eigenvalue weighted by Crippen LogP contribution is 2.39. The summed E-state index contributed by atoms with van der Waals surface area (Å²) in [5.74, 6) is 0.950. The van der Waals surface area contributed by atoms with Crippen LogP contribution >= 0.6 is 38.9 Å². The molecule has 3 aromatic rings. The van der Waals surface area contributed by atoms with Gasteiger partial charge in [0, 0.05) is 4.47 Å². The fourth-order valence-electron chi connectivity index (χ4n) is 2.18. The zero-order chi connectivity index (χ0) is 17.3. The van der Waals surface area contributed by atoms with Gasteiger partial charge >= 0.3 is 0 Å². The molecule has 1 amide bonds. The van der Waals surface area contributed by atoms with Crippen LogP contribution in [0, 0.1) is 0 Å². The van der Waals surface area contributed by atoms with Crippen LogP contribution in [0.3, 0.4) is 0 Å². The van der Waals surface area contributed by atoms with Crippen molar-refractivity contribution in [1.82, 2.24) is 4.98 Å². The second kappa shape index (κ2) is 6.96. The van der Waals surface area contributed by atoms with E-state index in [0.29, 0.717) is 32.7 Å². The lowest BCUT2D eigenvalue weighted by Crippen LogP contribution is -2.12. The normalized spacial score (nSPS) is 10.7. The number of amides is 1. The van der Waals surface area contributed by atoms with Crippen LogP contribution in [0.2, 0.25) is 5.02 Å². The number of carbonyl (C=O) groups is 1. The SMILES string of the molecule is COc1ccc(OC)c2sc(NC(=O)c3cc(Br)ccc3Cl)nc12. The highest BCUT2D eigenvalue weighted by Gasteiger charge is 2.17. The fourth-order valence-corrected chi connectivity index (χ4v) is 3.71. The molecule has 0 aliphatic rings. The molecule has 1 aromatic heterocycles. The summed E-state index contributed by atoms with van der Waals surface area (Å²) in [4.78, 5) is 16.9. The molecule has 0 saturated heterocycles. The van der Waals surface area contributed by atoms with Crippen molar-refractivity contribution in [2.75, 3.05) is 19.5 Å². The summed E-state index contributed by atoms with van der Waals surface area (Å²) in [6, 6.07) is 8.66. The van der Waals surface area contributed by atoms with Crippen LogP contribution < -0.4 is 14.8 Å². The standard InChI is InChI=1S/C16H12BrClN2O3S/c1-22-11-5-6-12(23-2)14-13(11)19-16(24-14)20-15(21)9-7-8(17)3-4-10(9)18/h3-7H,1-2H3,(H,19,20,21). The fraction of sp³-hybridized carbons (Fsp3) is 0.125. The number of aromatic nitrogens is 1. The van der Waals surface area contributed by atoms with E-state index in [-0.39, 0.29) is 5.91 Å². The van der Waals surface area contributed by atoms with Gasteiger partial charge in [-0.25, -0.2) is 4.98 Å². The number of thiazole rings is 1. The van der Waals surface area contributed by atoms with Gasteiger partial charge in [-0.05, 0) is 30.3 Å². The Morgan fingerprint density at radius 3 is 2.62 bits per heavy atom. The van der Waals surface area contributed by atoms with E-state index in [1.165, 1.54) is 11.3 Å². The number of ether oxygens (including phenoxy) is 2. The molecule has 0 saturated carbocycles. The smallest absolute Gasteiger partial charge is 0.258 e. The number of carbonyl (C=O) groups excluding carboxylic acids is 1. The Bertz CT molecular complexity index is 888. The van der Waals surface area contributed by atoms with Crippen molar-refractivity contribution < 1.29 is 14.3 Å². The predicted molar refractivity (Wildman–Crippen MR) is 99.8 cm³/mol. The number of nitrogens with one attached hydrogen (secondary N) is 1. The zero-order valence-electron chi connectivity index (χ0n) is 12.7. The Labute approximate surface area is 155 Å². The molecular formula is C16H12BrClN2O3S. The first kappa shape index (κ1) is 17.0. The van der Waals surface area contributed by atoms with E-state index >= 15 is 0 Å². The van der Waals surface area contributed by atoms with Crippen LogP contribution in [-0.4, -0.2) is 25.1 Å². The Kier molecular flexibility index (Phi) is 4.93. The molecular weight excluding hydrogens is 416 g/mol. The summed E-state index contributed by atoms with van der Waals surface area (Å²) in [6.07, 6.45) is 0. The summed E-state index contributed by atoms with van der Waals surface area (Å²) in [5, 5.41) is 3.58. The molecule has 0 aliphatic heterocycles. The summed E-state index contributed by atoms with van der Waals surface area (Å²) >= 11 is 10.7. The summed E-state index contributed by atoms with van der Waals surface area (Å²) in [5.41, 5.74) is 1.00. The maximum absolute atomic E-state index is 12.5. The molecule has 0 aliphatic carbocycles. The minimum atomic E-state index is -0.335. The largest absolute Gasteiger partial charge is 0.495 e. The van der Waals surface area contributed by atoms with Gasteiger partial charge in [0.05, 0.1) is 24.8 Å². The minimum absolute atomic E-state index is 0.335. The van der Waals surface area contributed by atoms with Crippen molar-refractivity contribution >= 4 is 60.1 Å². The lowest BCUT2D eigenvalue weighted by molar-refractivity contribution is 0.102. The van der Waals surface area contributed by atoms with Gasteiger partial charge in [0.15, 0.2) is 5.13 Å². The first-order valence-electron chi connectivity index (χ1n) is 6.81. The third kappa shape index (κ3) is 3.19. The van der Waals surface area contributed by atoms with Crippen molar-refractivity contribution in [3.8, 4) is 11.5 Å². The molecule has 0 unspecified atom stereocenters. The number of methoxy groups -OCH3 is 2. The van der Waals surface area contributed by atoms with Crippen LogP contribution in [0.15, 0.2) is 34.8 Å². The molecule has 5 nitrogen and oxygen atoms in total. The topological polar surface area (TPSA) is 60.5 Å². The molecule has 0 fully saturated rings. The van der Waals surface area contributed by atoms with Gasteiger partial charge in [-0.15, -0.1) is 0 Å². The highest BCUT2D eigenvalue weighted by molar-refractivity contribution is 9.10. The zero-order valence-corrected chi connectivity index (χ0v) is 15.9. The van der Waals surface area contributed by atoms with Crippen molar-refractivity contribution in [3.05, 3.63) is 45.4 Å². The second-order valence-electron chi connectivity index (χ2n) is 4.75. The van der Waals surface area contributed by atoms with E-state index in [9.17, 15) is 4.79 Å². The Hall–Kier alpha value is -1.83. The van der Waals surface area contributed by atoms with Crippen LogP contribution in [0.5, 0.6) is 11.5 Å². The van der Waals surface area contributed by atoms with Crippen LogP contribution in [0.1, 0.15) is 10.4 Å². The van der Waals surface area contributed by atoms with E-state index in [4.69, 9.17) is 21.1 Å². The van der Waals surface area contributed by atoms with Gasteiger partial charge in [-0.3, -0.25) is 10.1 Å². The van der Waals surface area contributed by atoms with Gasteiger partial charge in [0.25, 0.3) is 5.91 Å². The van der Waals surface area contributed by atoms with Crippen molar-refractivity contribution in [3.63, 3.8) is 0 Å². The average Bonchev–Trinajstić information content (AvgIpc) is 2.99. The Balaban J connectivity index is 1.98. The summed E-state index contributed by atoms with van der Waals surface area (Å²) < 4.78 is 12.2. The summed E-state index contributed by atoms with van der Waals surface area (Å²) in [6.45, 7) is 0. The average molecular weight is 428 g/mol. The van der Waals surface area contributed by atoms with Gasteiger partial charge < -0.3 is 9.47 Å². The molecule has 0 atom stereocenters. The molecule has 2 aromatic carbocycles. The number of anilines is 1. The number of hydrogen-bond donors (Lipinski definition) is 1. The van der Waals surface area contributed by atoms with Gasteiger partial charge in [-0.2, -0.15) is 0 Å². The summed E-state index contributed by atoms with van der Waals surface area (Å²) in [7, 11) is 3.15. The molecule has 1 heterocycles. The first-order chi connectivity index (χ1) is 11.5. The van der Waals surface area contributed by atoms with Crippen molar-refractivity contribution in [1.29, 1.82) is 0 Å². The molecule has 8 heteroatoms. The number of benzene rings is 2. The number of halogens is 2. The molecule has 124 valence electrons. The van der Waals surface area contributed by atoms with Crippen molar-refractivity contribution in [2.45, 2.75) is 0 Å². The molecule has 1 N–H and O–H groups in total. The molecule has 24 heavy (non-hydrogen) atoms. The lowest BCUT2D eigenvalue weighted by atomic mass is 10.2. The van der Waals surface area contributed by atoms with Crippen molar-refractivity contribution in [2.24, 2.45) is 0 Å². The third-order valence-electron chi connectivity index (χ3n) is 3.30. The maximum Gasteiger partial charge on any atom is 0.258 e. The quantitative estimate of drug-likeness (QED) is 0.638. The first-order valence-corrected chi connectivity index (χ1v) is 8.80. The predicted octanol–water partition coefficient (Wildman–Crippen LogP) is 4.98. The monoisotopic (exact) mass is 426 g/mol. The number of rotatable bonds is 4. The number of hydrogen-bond acceptors (Lipinski definition) is 5. The van der Waals surface area contributed by atoms with E-state index < -0.39 is 0 Å². The van der Waals surface area contributed by atoms with Gasteiger partial charge in [-0.1, -0.05) is 38.9 Å². The van der Waals surface area contributed by atoms with E-state index in [0.717, 1.165) is 9.17 Å². The molecule has 0 spiro atoms. The van der Waals surface area contributed by atoms with Gasteiger partial charge in [0.2, 0.25) is 0 Å². The van der Waals surface area contributed by atoms with Crippen LogP contribution in [0.4, 0.5) is 5.13 Å².